The molecule has 0 fully saturated rings. The van der Waals surface area contributed by atoms with E-state index in [0.717, 1.165) is 27.5 Å². The highest BCUT2D eigenvalue weighted by Crippen LogP contribution is 2.32. The number of hydrogen-bond acceptors (Lipinski definition) is 3. The smallest absolute Gasteiger partial charge is 0.320 e. The fourth-order valence-corrected chi connectivity index (χ4v) is 2.61. The minimum Gasteiger partial charge on any atom is -0.338 e. The van der Waals surface area contributed by atoms with Gasteiger partial charge >= 0.3 is 6.03 Å². The Morgan fingerprint density at radius 3 is 2.71 bits per heavy atom. The van der Waals surface area contributed by atoms with Gasteiger partial charge in [-0.2, -0.15) is 0 Å². The van der Waals surface area contributed by atoms with Gasteiger partial charge in [0.15, 0.2) is 0 Å². The summed E-state index contributed by atoms with van der Waals surface area (Å²) in [6.45, 7) is 6.29. The molecule has 5 heteroatoms. The second kappa shape index (κ2) is 6.91. The van der Waals surface area contributed by atoms with E-state index in [4.69, 9.17) is 0 Å². The van der Waals surface area contributed by atoms with E-state index in [1.807, 2.05) is 37.3 Å². The molecule has 0 atom stereocenters. The largest absolute Gasteiger partial charge is 0.338 e. The van der Waals surface area contributed by atoms with Crippen molar-refractivity contribution < 1.29 is 4.79 Å². The molecular formula is C19H18N4O. The average Bonchev–Trinajstić information content (AvgIpc) is 2.61. The van der Waals surface area contributed by atoms with E-state index >= 15 is 0 Å². The van der Waals surface area contributed by atoms with Gasteiger partial charge in [-0.05, 0) is 47.2 Å². The van der Waals surface area contributed by atoms with Crippen LogP contribution < -0.4 is 10.6 Å². The van der Waals surface area contributed by atoms with Crippen LogP contribution in [0.3, 0.4) is 0 Å². The lowest BCUT2D eigenvalue weighted by Gasteiger charge is -2.11. The Labute approximate surface area is 140 Å². The first-order valence-electron chi connectivity index (χ1n) is 7.73. The summed E-state index contributed by atoms with van der Waals surface area (Å²) in [6, 6.07) is 9.59. The Morgan fingerprint density at radius 1 is 1.21 bits per heavy atom. The van der Waals surface area contributed by atoms with E-state index < -0.39 is 0 Å². The summed E-state index contributed by atoms with van der Waals surface area (Å²) < 4.78 is 0. The molecule has 0 aliphatic heterocycles. The SMILES string of the molecule is C=Cc1ccc(-c2ccncc2)c2cc(NC(=O)NCC)ncc12. The van der Waals surface area contributed by atoms with E-state index in [-0.39, 0.29) is 6.03 Å². The summed E-state index contributed by atoms with van der Waals surface area (Å²) in [5.41, 5.74) is 3.11. The maximum Gasteiger partial charge on any atom is 0.320 e. The van der Waals surface area contributed by atoms with Gasteiger partial charge in [0, 0.05) is 30.5 Å². The lowest BCUT2D eigenvalue weighted by molar-refractivity contribution is 0.252. The van der Waals surface area contributed by atoms with Gasteiger partial charge in [0.1, 0.15) is 5.82 Å². The summed E-state index contributed by atoms with van der Waals surface area (Å²) in [7, 11) is 0. The van der Waals surface area contributed by atoms with E-state index in [1.54, 1.807) is 24.7 Å². The van der Waals surface area contributed by atoms with Crippen molar-refractivity contribution in [1.82, 2.24) is 15.3 Å². The average molecular weight is 318 g/mol. The first-order valence-corrected chi connectivity index (χ1v) is 7.73. The van der Waals surface area contributed by atoms with Crippen LogP contribution in [-0.4, -0.2) is 22.5 Å². The molecule has 2 N–H and O–H groups in total. The third-order valence-electron chi connectivity index (χ3n) is 3.72. The molecule has 0 bridgehead atoms. The van der Waals surface area contributed by atoms with Crippen LogP contribution in [0, 0.1) is 0 Å². The molecule has 1 aromatic carbocycles. The number of amides is 2. The number of carbonyl (C=O) groups is 1. The van der Waals surface area contributed by atoms with E-state index in [9.17, 15) is 4.79 Å². The number of anilines is 1. The van der Waals surface area contributed by atoms with Crippen LogP contribution in [0.4, 0.5) is 10.6 Å². The van der Waals surface area contributed by atoms with E-state index in [0.29, 0.717) is 12.4 Å². The second-order valence-electron chi connectivity index (χ2n) is 5.24. The van der Waals surface area contributed by atoms with Gasteiger partial charge in [0.2, 0.25) is 0 Å². The molecule has 2 heterocycles. The monoisotopic (exact) mass is 318 g/mol. The Morgan fingerprint density at radius 2 is 2.00 bits per heavy atom. The zero-order valence-electron chi connectivity index (χ0n) is 13.4. The van der Waals surface area contributed by atoms with Crippen LogP contribution in [0.1, 0.15) is 12.5 Å². The van der Waals surface area contributed by atoms with Crippen LogP contribution in [0.15, 0.2) is 55.5 Å². The van der Waals surface area contributed by atoms with Crippen molar-refractivity contribution in [2.75, 3.05) is 11.9 Å². The van der Waals surface area contributed by atoms with Crippen molar-refractivity contribution in [2.24, 2.45) is 0 Å². The second-order valence-corrected chi connectivity index (χ2v) is 5.24. The number of rotatable bonds is 4. The summed E-state index contributed by atoms with van der Waals surface area (Å²) in [6.07, 6.45) is 7.09. The number of urea groups is 1. The molecule has 3 aromatic rings. The third-order valence-corrected chi connectivity index (χ3v) is 3.72. The minimum absolute atomic E-state index is 0.269. The van der Waals surface area contributed by atoms with Gasteiger partial charge in [0.05, 0.1) is 0 Å². The summed E-state index contributed by atoms with van der Waals surface area (Å²) in [4.78, 5) is 20.1. The Kier molecular flexibility index (Phi) is 4.52. The molecule has 24 heavy (non-hydrogen) atoms. The van der Waals surface area contributed by atoms with Crippen LogP contribution in [0.2, 0.25) is 0 Å². The first kappa shape index (κ1) is 15.7. The van der Waals surface area contributed by atoms with Gasteiger partial charge in [-0.15, -0.1) is 0 Å². The van der Waals surface area contributed by atoms with Gasteiger partial charge in [0.25, 0.3) is 0 Å². The van der Waals surface area contributed by atoms with Crippen molar-refractivity contribution in [1.29, 1.82) is 0 Å². The Balaban J connectivity index is 2.14. The molecule has 2 amide bonds. The number of pyridine rings is 2. The molecule has 0 spiro atoms. The topological polar surface area (TPSA) is 66.9 Å². The van der Waals surface area contributed by atoms with Crippen molar-refractivity contribution in [3.63, 3.8) is 0 Å². The highest BCUT2D eigenvalue weighted by molar-refractivity contribution is 6.02. The highest BCUT2D eigenvalue weighted by atomic mass is 16.2. The zero-order valence-corrected chi connectivity index (χ0v) is 13.4. The Hall–Kier alpha value is -3.21. The van der Waals surface area contributed by atoms with Gasteiger partial charge < -0.3 is 5.32 Å². The summed E-state index contributed by atoms with van der Waals surface area (Å²) in [5, 5.41) is 7.44. The fourth-order valence-electron chi connectivity index (χ4n) is 2.61. The molecule has 5 nitrogen and oxygen atoms in total. The molecule has 0 radical (unpaired) electrons. The predicted octanol–water partition coefficient (Wildman–Crippen LogP) is 4.08. The van der Waals surface area contributed by atoms with Crippen molar-refractivity contribution in [3.8, 4) is 11.1 Å². The van der Waals surface area contributed by atoms with Crippen LogP contribution >= 0.6 is 0 Å². The number of carbonyl (C=O) groups excluding carboxylic acids is 1. The fraction of sp³-hybridized carbons (Fsp3) is 0.105. The third kappa shape index (κ3) is 3.10. The molecule has 0 unspecified atom stereocenters. The van der Waals surface area contributed by atoms with Gasteiger partial charge in [-0.25, -0.2) is 9.78 Å². The maximum absolute atomic E-state index is 11.7. The molecule has 0 saturated heterocycles. The lowest BCUT2D eigenvalue weighted by Crippen LogP contribution is -2.28. The molecule has 120 valence electrons. The Bertz CT molecular complexity index is 891. The first-order chi connectivity index (χ1) is 11.7. The minimum atomic E-state index is -0.269. The highest BCUT2D eigenvalue weighted by Gasteiger charge is 2.09. The van der Waals surface area contributed by atoms with Crippen molar-refractivity contribution in [3.05, 3.63) is 61.1 Å². The normalized spacial score (nSPS) is 10.4. The van der Waals surface area contributed by atoms with Crippen LogP contribution in [0.25, 0.3) is 28.0 Å². The molecule has 0 aliphatic rings. The van der Waals surface area contributed by atoms with E-state index in [1.165, 1.54) is 0 Å². The van der Waals surface area contributed by atoms with Gasteiger partial charge in [-0.1, -0.05) is 24.8 Å². The standard InChI is InChI=1S/C19H18N4O/c1-3-13-5-6-15(14-7-9-20-10-8-14)16-11-18(22-12-17(13)16)23-19(24)21-4-2/h3,5-12H,1,4H2,2H3,(H2,21,22,23,24). The molecule has 0 aliphatic carbocycles. The maximum atomic E-state index is 11.7. The van der Waals surface area contributed by atoms with Crippen molar-refractivity contribution in [2.45, 2.75) is 6.92 Å². The summed E-state index contributed by atoms with van der Waals surface area (Å²) in [5.74, 6) is 0.505. The number of hydrogen-bond donors (Lipinski definition) is 2. The van der Waals surface area contributed by atoms with Crippen LogP contribution in [-0.2, 0) is 0 Å². The predicted molar refractivity (Wildman–Crippen MR) is 97.8 cm³/mol. The number of nitrogens with zero attached hydrogens (tertiary/aromatic N) is 2. The molecule has 2 aromatic heterocycles. The number of fused-ring (bicyclic) bond motifs is 1. The van der Waals surface area contributed by atoms with Crippen LogP contribution in [0.5, 0.6) is 0 Å². The molecule has 0 saturated carbocycles. The van der Waals surface area contributed by atoms with E-state index in [2.05, 4.69) is 27.2 Å². The van der Waals surface area contributed by atoms with Gasteiger partial charge in [-0.3, -0.25) is 10.3 Å². The number of aromatic nitrogens is 2. The number of benzene rings is 1. The molecule has 3 rings (SSSR count). The number of nitrogens with one attached hydrogen (secondary N) is 2. The lowest BCUT2D eigenvalue weighted by atomic mass is 9.97. The zero-order chi connectivity index (χ0) is 16.9. The summed E-state index contributed by atoms with van der Waals surface area (Å²) >= 11 is 0. The van der Waals surface area contributed by atoms with Crippen molar-refractivity contribution >= 4 is 28.7 Å². The quantitative estimate of drug-likeness (QED) is 0.761. The molecular weight excluding hydrogens is 300 g/mol.